The molecule has 2 heterocycles. The van der Waals surface area contributed by atoms with E-state index in [4.69, 9.17) is 4.74 Å². The molecule has 162 valence electrons. The molecule has 0 aliphatic carbocycles. The van der Waals surface area contributed by atoms with Crippen LogP contribution in [-0.2, 0) is 0 Å². The maximum atomic E-state index is 14.0. The number of nitrogens with one attached hydrogen (secondary N) is 2. The van der Waals surface area contributed by atoms with Crippen LogP contribution in [0.2, 0.25) is 0 Å². The molecule has 0 saturated carbocycles. The summed E-state index contributed by atoms with van der Waals surface area (Å²) in [5.74, 6) is 3.25. The summed E-state index contributed by atoms with van der Waals surface area (Å²) in [5, 5.41) is 6.87. The van der Waals surface area contributed by atoms with Crippen molar-refractivity contribution in [2.75, 3.05) is 44.4 Å². The molecule has 0 radical (unpaired) electrons. The fourth-order valence-electron chi connectivity index (χ4n) is 3.37. The number of aromatic nitrogens is 1. The molecule has 0 amide bonds. The zero-order valence-electron chi connectivity index (χ0n) is 17.8. The summed E-state index contributed by atoms with van der Waals surface area (Å²) < 4.78 is 19.4. The number of pyridine rings is 1. The van der Waals surface area contributed by atoms with Crippen LogP contribution in [0.4, 0.5) is 10.2 Å². The first-order chi connectivity index (χ1) is 14.6. The minimum absolute atomic E-state index is 0.205. The highest BCUT2D eigenvalue weighted by molar-refractivity contribution is 7.99. The van der Waals surface area contributed by atoms with Gasteiger partial charge in [-0.1, -0.05) is 19.1 Å². The first-order valence-corrected chi connectivity index (χ1v) is 11.2. The van der Waals surface area contributed by atoms with Crippen LogP contribution in [0, 0.1) is 11.7 Å². The van der Waals surface area contributed by atoms with Crippen LogP contribution in [0.1, 0.15) is 13.3 Å². The van der Waals surface area contributed by atoms with E-state index in [1.54, 1.807) is 38.2 Å². The lowest BCUT2D eigenvalue weighted by atomic mass is 10.2. The number of nitrogens with zero attached hydrogens (tertiary/aromatic N) is 3. The van der Waals surface area contributed by atoms with Gasteiger partial charge in [-0.15, -0.1) is 11.8 Å². The van der Waals surface area contributed by atoms with Gasteiger partial charge in [0.25, 0.3) is 0 Å². The van der Waals surface area contributed by atoms with Crippen molar-refractivity contribution in [2.24, 2.45) is 10.9 Å². The van der Waals surface area contributed by atoms with E-state index in [0.29, 0.717) is 18.3 Å². The van der Waals surface area contributed by atoms with Crippen LogP contribution < -0.4 is 20.3 Å². The number of hydrogen-bond donors (Lipinski definition) is 2. The lowest BCUT2D eigenvalue weighted by molar-refractivity contribution is 0.405. The topological polar surface area (TPSA) is 61.8 Å². The predicted molar refractivity (Wildman–Crippen MR) is 122 cm³/mol. The Morgan fingerprint density at radius 1 is 1.37 bits per heavy atom. The van der Waals surface area contributed by atoms with Crippen LogP contribution in [-0.4, -0.2) is 56.5 Å². The number of halogens is 1. The molecule has 8 heteroatoms. The summed E-state index contributed by atoms with van der Waals surface area (Å²) in [6, 6.07) is 11.4. The fourth-order valence-corrected chi connectivity index (χ4v) is 4.42. The van der Waals surface area contributed by atoms with Gasteiger partial charge in [-0.3, -0.25) is 4.99 Å². The minimum atomic E-state index is -0.276. The van der Waals surface area contributed by atoms with Gasteiger partial charge in [0.1, 0.15) is 5.75 Å². The normalized spacial score (nSPS) is 17.7. The Morgan fingerprint density at radius 2 is 2.20 bits per heavy atom. The van der Waals surface area contributed by atoms with Gasteiger partial charge in [0.15, 0.2) is 17.6 Å². The predicted octanol–water partition coefficient (Wildman–Crippen LogP) is 3.40. The second-order valence-corrected chi connectivity index (χ2v) is 8.47. The average molecular weight is 432 g/mol. The highest BCUT2D eigenvalue weighted by Crippen LogP contribution is 2.29. The van der Waals surface area contributed by atoms with Crippen LogP contribution in [0.15, 0.2) is 52.5 Å². The number of anilines is 1. The number of para-hydroxylation sites is 1. The number of aliphatic imine (C=N–C) groups is 1. The lowest BCUT2D eigenvalue weighted by Crippen LogP contribution is -2.46. The third kappa shape index (κ3) is 6.01. The van der Waals surface area contributed by atoms with Gasteiger partial charge in [-0.05, 0) is 36.6 Å². The van der Waals surface area contributed by atoms with Crippen molar-refractivity contribution in [3.05, 3.63) is 48.4 Å². The number of methoxy groups -OCH3 is 1. The van der Waals surface area contributed by atoms with Gasteiger partial charge in [-0.25, -0.2) is 9.37 Å². The Balaban J connectivity index is 1.43. The van der Waals surface area contributed by atoms with Crippen molar-refractivity contribution in [3.63, 3.8) is 0 Å². The summed E-state index contributed by atoms with van der Waals surface area (Å²) >= 11 is 1.80. The van der Waals surface area contributed by atoms with Gasteiger partial charge in [-0.2, -0.15) is 0 Å². The maximum absolute atomic E-state index is 14.0. The molecular formula is C22H30FN5OS. The summed E-state index contributed by atoms with van der Waals surface area (Å²) in [4.78, 5) is 11.7. The highest BCUT2D eigenvalue weighted by atomic mass is 32.2. The second-order valence-electron chi connectivity index (χ2n) is 7.40. The molecule has 1 saturated heterocycles. The molecule has 30 heavy (non-hydrogen) atoms. The summed E-state index contributed by atoms with van der Waals surface area (Å²) in [5.41, 5.74) is 0. The lowest BCUT2D eigenvalue weighted by Gasteiger charge is -2.21. The monoisotopic (exact) mass is 431 g/mol. The van der Waals surface area contributed by atoms with Gasteiger partial charge >= 0.3 is 0 Å². The summed E-state index contributed by atoms with van der Waals surface area (Å²) in [6.07, 6.45) is 2.54. The van der Waals surface area contributed by atoms with E-state index < -0.39 is 0 Å². The molecule has 1 aromatic carbocycles. The van der Waals surface area contributed by atoms with Crippen LogP contribution in [0.3, 0.4) is 0 Å². The molecule has 3 rings (SSSR count). The van der Waals surface area contributed by atoms with Crippen molar-refractivity contribution in [3.8, 4) is 5.75 Å². The van der Waals surface area contributed by atoms with E-state index in [0.717, 1.165) is 41.9 Å². The van der Waals surface area contributed by atoms with Gasteiger partial charge in [0, 0.05) is 49.6 Å². The van der Waals surface area contributed by atoms with Crippen molar-refractivity contribution in [1.29, 1.82) is 0 Å². The van der Waals surface area contributed by atoms with Crippen LogP contribution in [0.5, 0.6) is 5.75 Å². The Hall–Kier alpha value is -2.48. The number of hydrogen-bond acceptors (Lipinski definition) is 5. The van der Waals surface area contributed by atoms with E-state index >= 15 is 0 Å². The van der Waals surface area contributed by atoms with Gasteiger partial charge < -0.3 is 20.3 Å². The van der Waals surface area contributed by atoms with Crippen molar-refractivity contribution >= 4 is 23.5 Å². The Kier molecular flexibility index (Phi) is 8.19. The second kappa shape index (κ2) is 11.1. The van der Waals surface area contributed by atoms with E-state index in [1.807, 2.05) is 23.1 Å². The first kappa shape index (κ1) is 22.2. The largest absolute Gasteiger partial charge is 0.496 e. The van der Waals surface area contributed by atoms with Crippen molar-refractivity contribution in [2.45, 2.75) is 24.3 Å². The minimum Gasteiger partial charge on any atom is -0.496 e. The molecule has 2 unspecified atom stereocenters. The molecule has 1 aromatic heterocycles. The molecule has 1 aliphatic rings. The smallest absolute Gasteiger partial charge is 0.191 e. The van der Waals surface area contributed by atoms with E-state index in [2.05, 4.69) is 33.6 Å². The quantitative estimate of drug-likeness (QED) is 0.380. The van der Waals surface area contributed by atoms with E-state index in [1.165, 1.54) is 6.07 Å². The maximum Gasteiger partial charge on any atom is 0.191 e. The zero-order valence-corrected chi connectivity index (χ0v) is 18.6. The van der Waals surface area contributed by atoms with Crippen molar-refractivity contribution < 1.29 is 9.13 Å². The molecule has 0 spiro atoms. The molecule has 2 N–H and O–H groups in total. The molecule has 6 nitrogen and oxygen atoms in total. The molecule has 2 aromatic rings. The van der Waals surface area contributed by atoms with E-state index in [9.17, 15) is 4.39 Å². The van der Waals surface area contributed by atoms with Crippen LogP contribution >= 0.6 is 11.8 Å². The number of thioether (sulfide) groups is 1. The molecular weight excluding hydrogens is 401 g/mol. The van der Waals surface area contributed by atoms with Crippen molar-refractivity contribution in [1.82, 2.24) is 15.6 Å². The number of benzene rings is 1. The SMILES string of the molecule is CN=C(NCC(C)CSc1ccccc1OC)NC1CCN(c2ncccc2F)C1. The van der Waals surface area contributed by atoms with Crippen LogP contribution in [0.25, 0.3) is 0 Å². The third-order valence-electron chi connectivity index (χ3n) is 5.00. The number of guanidine groups is 1. The number of rotatable bonds is 8. The van der Waals surface area contributed by atoms with E-state index in [-0.39, 0.29) is 11.9 Å². The average Bonchev–Trinajstić information content (AvgIpc) is 3.23. The molecule has 1 aliphatic heterocycles. The van der Waals surface area contributed by atoms with Gasteiger partial charge in [0.05, 0.1) is 7.11 Å². The molecule has 1 fully saturated rings. The van der Waals surface area contributed by atoms with Gasteiger partial charge in [0.2, 0.25) is 0 Å². The number of ether oxygens (including phenoxy) is 1. The molecule has 0 bridgehead atoms. The Bertz CT molecular complexity index is 850. The fraction of sp³-hybridized carbons (Fsp3) is 0.455. The summed E-state index contributed by atoms with van der Waals surface area (Å²) in [7, 11) is 3.47. The zero-order chi connectivity index (χ0) is 21.3. The molecule has 2 atom stereocenters. The standard InChI is InChI=1S/C22H30FN5OS/c1-16(15-30-20-9-5-4-8-19(20)29-3)13-26-22(24-2)27-17-10-12-28(14-17)21-18(23)7-6-11-25-21/h4-9,11,16-17H,10,12-15H2,1-3H3,(H2,24,26,27). The third-order valence-corrected chi connectivity index (χ3v) is 6.39. The highest BCUT2D eigenvalue weighted by Gasteiger charge is 2.26. The summed E-state index contributed by atoms with van der Waals surface area (Å²) in [6.45, 7) is 4.50. The first-order valence-electron chi connectivity index (χ1n) is 10.2. The Morgan fingerprint density at radius 3 is 2.97 bits per heavy atom. The Labute approximate surface area is 182 Å².